The number of ether oxygens (including phenoxy) is 1. The second-order valence-corrected chi connectivity index (χ2v) is 10.7. The monoisotopic (exact) mass is 545 g/mol. The molecule has 9 heteroatoms. The van der Waals surface area contributed by atoms with E-state index in [-0.39, 0.29) is 10.0 Å². The van der Waals surface area contributed by atoms with Crippen LogP contribution in [0.1, 0.15) is 15.9 Å². The largest absolute Gasteiger partial charge is 0.492 e. The molecule has 4 rings (SSSR count). The minimum atomic E-state index is -3.73. The normalized spacial score (nSPS) is 10.9. The van der Waals surface area contributed by atoms with Crippen LogP contribution in [-0.4, -0.2) is 33.1 Å². The zero-order valence-corrected chi connectivity index (χ0v) is 22.3. The maximum absolute atomic E-state index is 13.0. The molecule has 0 radical (unpaired) electrons. The summed E-state index contributed by atoms with van der Waals surface area (Å²) in [7, 11) is -2.23. The second kappa shape index (κ2) is 12.4. The Bertz CT molecular complexity index is 1490. The Morgan fingerprint density at radius 3 is 2.13 bits per heavy atom. The quantitative estimate of drug-likeness (QED) is 0.279. The third-order valence-corrected chi connectivity index (χ3v) is 7.74. The number of nitrogens with zero attached hydrogens (tertiary/aromatic N) is 1. The predicted molar refractivity (Wildman–Crippen MR) is 154 cm³/mol. The van der Waals surface area contributed by atoms with Crippen molar-refractivity contribution in [2.24, 2.45) is 0 Å². The van der Waals surface area contributed by atoms with Crippen LogP contribution in [0, 0.1) is 0 Å². The molecule has 0 aliphatic carbocycles. The molecule has 38 heavy (non-hydrogen) atoms. The van der Waals surface area contributed by atoms with Crippen molar-refractivity contribution in [2.75, 3.05) is 23.3 Å². The third-order valence-electron chi connectivity index (χ3n) is 5.74. The van der Waals surface area contributed by atoms with E-state index in [2.05, 4.69) is 10.6 Å². The van der Waals surface area contributed by atoms with Crippen LogP contribution >= 0.6 is 12.2 Å². The molecule has 2 N–H and O–H groups in total. The summed E-state index contributed by atoms with van der Waals surface area (Å²) in [5.74, 6) is 0.0438. The summed E-state index contributed by atoms with van der Waals surface area (Å²) in [6.07, 6.45) is 0.712. The van der Waals surface area contributed by atoms with E-state index in [1.807, 2.05) is 36.4 Å². The number of rotatable bonds is 9. The average Bonchev–Trinajstić information content (AvgIpc) is 2.94. The number of nitrogens with one attached hydrogen (secondary N) is 2. The van der Waals surface area contributed by atoms with Crippen molar-refractivity contribution in [3.63, 3.8) is 0 Å². The lowest BCUT2D eigenvalue weighted by Gasteiger charge is -2.19. The summed E-state index contributed by atoms with van der Waals surface area (Å²) in [4.78, 5) is 13.0. The Balaban J connectivity index is 1.35. The maximum Gasteiger partial charge on any atom is 0.264 e. The van der Waals surface area contributed by atoms with Crippen LogP contribution in [-0.2, 0) is 16.4 Å². The SMILES string of the molecule is CN(c1ccccc1)S(=O)(=O)c1ccc(NC(=S)NC(=O)c2ccccc2OCCc2ccccc2)cc1. The summed E-state index contributed by atoms with van der Waals surface area (Å²) in [5, 5.41) is 5.64. The fourth-order valence-corrected chi connectivity index (χ4v) is 5.09. The van der Waals surface area contributed by atoms with Gasteiger partial charge in [-0.15, -0.1) is 0 Å². The molecule has 0 aromatic heterocycles. The summed E-state index contributed by atoms with van der Waals surface area (Å²) in [6, 6.07) is 31.9. The number of sulfonamides is 1. The molecule has 0 aliphatic heterocycles. The number of anilines is 2. The van der Waals surface area contributed by atoms with Gasteiger partial charge in [-0.1, -0.05) is 60.7 Å². The van der Waals surface area contributed by atoms with E-state index in [0.29, 0.717) is 35.7 Å². The zero-order chi connectivity index (χ0) is 27.0. The molecule has 7 nitrogen and oxygen atoms in total. The number of amides is 1. The minimum Gasteiger partial charge on any atom is -0.492 e. The first-order valence-corrected chi connectivity index (χ1v) is 13.7. The highest BCUT2D eigenvalue weighted by atomic mass is 32.2. The molecular formula is C29H27N3O4S2. The first-order valence-electron chi connectivity index (χ1n) is 11.9. The van der Waals surface area contributed by atoms with E-state index in [1.165, 1.54) is 23.5 Å². The molecule has 0 heterocycles. The Kier molecular flexibility index (Phi) is 8.73. The highest BCUT2D eigenvalue weighted by Gasteiger charge is 2.21. The molecule has 0 saturated heterocycles. The number of para-hydroxylation sites is 2. The first kappa shape index (κ1) is 26.8. The number of carbonyl (C=O) groups excluding carboxylic acids is 1. The molecule has 0 unspecified atom stereocenters. The van der Waals surface area contributed by atoms with Crippen molar-refractivity contribution in [1.29, 1.82) is 0 Å². The van der Waals surface area contributed by atoms with Crippen LogP contribution in [0.4, 0.5) is 11.4 Å². The van der Waals surface area contributed by atoms with Gasteiger partial charge in [-0.05, 0) is 66.3 Å². The number of thiocarbonyl (C=S) groups is 1. The Hall–Kier alpha value is -4.21. The fraction of sp³-hybridized carbons (Fsp3) is 0.103. The summed E-state index contributed by atoms with van der Waals surface area (Å²) >= 11 is 5.31. The predicted octanol–water partition coefficient (Wildman–Crippen LogP) is 5.26. The Labute approximate surface area is 228 Å². The first-order chi connectivity index (χ1) is 18.3. The van der Waals surface area contributed by atoms with Gasteiger partial charge in [0.1, 0.15) is 5.75 Å². The highest BCUT2D eigenvalue weighted by molar-refractivity contribution is 7.92. The molecule has 4 aromatic carbocycles. The molecule has 194 valence electrons. The van der Waals surface area contributed by atoms with Crippen molar-refractivity contribution < 1.29 is 17.9 Å². The Morgan fingerprint density at radius 1 is 0.842 bits per heavy atom. The fourth-order valence-electron chi connectivity index (χ4n) is 3.68. The van der Waals surface area contributed by atoms with Crippen LogP contribution in [0.15, 0.2) is 114 Å². The number of hydrogen-bond acceptors (Lipinski definition) is 5. The lowest BCUT2D eigenvalue weighted by atomic mass is 10.1. The van der Waals surface area contributed by atoms with E-state index in [4.69, 9.17) is 17.0 Å². The maximum atomic E-state index is 13.0. The molecule has 0 atom stereocenters. The smallest absolute Gasteiger partial charge is 0.264 e. The van der Waals surface area contributed by atoms with Gasteiger partial charge in [0.05, 0.1) is 22.8 Å². The van der Waals surface area contributed by atoms with E-state index in [0.717, 1.165) is 5.56 Å². The van der Waals surface area contributed by atoms with Gasteiger partial charge in [0.15, 0.2) is 5.11 Å². The van der Waals surface area contributed by atoms with Crippen LogP contribution < -0.4 is 19.7 Å². The van der Waals surface area contributed by atoms with E-state index in [1.54, 1.807) is 60.7 Å². The van der Waals surface area contributed by atoms with E-state index >= 15 is 0 Å². The lowest BCUT2D eigenvalue weighted by Crippen LogP contribution is -2.34. The number of carbonyl (C=O) groups is 1. The molecule has 0 aliphatic rings. The van der Waals surface area contributed by atoms with Crippen molar-refractivity contribution >= 4 is 44.6 Å². The summed E-state index contributed by atoms with van der Waals surface area (Å²) in [5.41, 5.74) is 2.59. The van der Waals surface area contributed by atoms with E-state index < -0.39 is 15.9 Å². The van der Waals surface area contributed by atoms with Crippen LogP contribution in [0.5, 0.6) is 5.75 Å². The highest BCUT2D eigenvalue weighted by Crippen LogP contribution is 2.23. The van der Waals surface area contributed by atoms with Crippen LogP contribution in [0.3, 0.4) is 0 Å². The molecule has 4 aromatic rings. The summed E-state index contributed by atoms with van der Waals surface area (Å²) in [6.45, 7) is 0.422. The van der Waals surface area contributed by atoms with Gasteiger partial charge in [-0.2, -0.15) is 0 Å². The van der Waals surface area contributed by atoms with Gasteiger partial charge in [-0.3, -0.25) is 14.4 Å². The van der Waals surface area contributed by atoms with Gasteiger partial charge < -0.3 is 10.1 Å². The molecule has 0 bridgehead atoms. The lowest BCUT2D eigenvalue weighted by molar-refractivity contribution is 0.0974. The standard InChI is InChI=1S/C29H27N3O4S2/c1-32(24-12-6-3-7-13-24)38(34,35)25-18-16-23(17-19-25)30-29(37)31-28(33)26-14-8-9-15-27(26)36-21-20-22-10-4-2-5-11-22/h2-19H,20-21H2,1H3,(H2,30,31,33,37). The van der Waals surface area contributed by atoms with Crippen molar-refractivity contribution in [1.82, 2.24) is 5.32 Å². The Morgan fingerprint density at radius 2 is 1.45 bits per heavy atom. The van der Waals surface area contributed by atoms with Crippen molar-refractivity contribution in [3.8, 4) is 5.75 Å². The van der Waals surface area contributed by atoms with Crippen molar-refractivity contribution in [2.45, 2.75) is 11.3 Å². The molecule has 0 fully saturated rings. The van der Waals surface area contributed by atoms with Gasteiger partial charge in [0.2, 0.25) is 0 Å². The molecule has 0 spiro atoms. The van der Waals surface area contributed by atoms with Crippen molar-refractivity contribution in [3.05, 3.63) is 120 Å². The topological polar surface area (TPSA) is 87.7 Å². The summed E-state index contributed by atoms with van der Waals surface area (Å²) < 4.78 is 33.0. The molecule has 1 amide bonds. The second-order valence-electron chi connectivity index (χ2n) is 8.32. The minimum absolute atomic E-state index is 0.0751. The molecule has 0 saturated carbocycles. The number of benzene rings is 4. The van der Waals surface area contributed by atoms with Crippen LogP contribution in [0.25, 0.3) is 0 Å². The third kappa shape index (κ3) is 6.76. The molecular weight excluding hydrogens is 518 g/mol. The van der Waals surface area contributed by atoms with Gasteiger partial charge in [-0.25, -0.2) is 8.42 Å². The van der Waals surface area contributed by atoms with Gasteiger partial charge in [0, 0.05) is 19.2 Å². The van der Waals surface area contributed by atoms with E-state index in [9.17, 15) is 13.2 Å². The van der Waals surface area contributed by atoms with Gasteiger partial charge in [0.25, 0.3) is 15.9 Å². The number of hydrogen-bond donors (Lipinski definition) is 2. The average molecular weight is 546 g/mol. The van der Waals surface area contributed by atoms with Crippen LogP contribution in [0.2, 0.25) is 0 Å². The zero-order valence-electron chi connectivity index (χ0n) is 20.7. The van der Waals surface area contributed by atoms with Gasteiger partial charge >= 0.3 is 0 Å².